The first-order valence-electron chi connectivity index (χ1n) is 11.9. The van der Waals surface area contributed by atoms with Crippen LogP contribution in [0, 0.1) is 6.92 Å². The Morgan fingerprint density at radius 3 is 2.76 bits per heavy atom. The van der Waals surface area contributed by atoms with Crippen LogP contribution in [0.2, 0.25) is 0 Å². The molecule has 2 N–H and O–H groups in total. The molecule has 0 aromatic carbocycles. The van der Waals surface area contributed by atoms with Crippen molar-refractivity contribution >= 4 is 11.9 Å². The fourth-order valence-corrected chi connectivity index (χ4v) is 4.88. The molecule has 4 heterocycles. The van der Waals surface area contributed by atoms with Crippen LogP contribution < -0.4 is 5.32 Å². The number of fused-ring (bicyclic) bond motifs is 1. The smallest absolute Gasteiger partial charge is 0.274 e. The number of carbonyl (C=O) groups excluding carboxylic acids is 1. The van der Waals surface area contributed by atoms with Crippen LogP contribution in [0.4, 0.5) is 5.95 Å². The van der Waals surface area contributed by atoms with Gasteiger partial charge < -0.3 is 14.7 Å². The number of nitrogens with zero attached hydrogens (tertiary/aromatic N) is 5. The lowest BCUT2D eigenvalue weighted by molar-refractivity contribution is 0.0705. The van der Waals surface area contributed by atoms with Gasteiger partial charge in [-0.25, -0.2) is 9.97 Å². The van der Waals surface area contributed by atoms with Gasteiger partial charge in [-0.15, -0.1) is 0 Å². The number of aryl methyl sites for hydroxylation is 2. The number of likely N-dealkylation sites (tertiary alicyclic amines) is 1. The van der Waals surface area contributed by atoms with Crippen LogP contribution in [0.1, 0.15) is 78.6 Å². The molecule has 9 heteroatoms. The molecule has 9 nitrogen and oxygen atoms in total. The summed E-state index contributed by atoms with van der Waals surface area (Å²) in [5.74, 6) is 1.55. The van der Waals surface area contributed by atoms with Crippen molar-refractivity contribution in [2.75, 3.05) is 18.4 Å². The van der Waals surface area contributed by atoms with Crippen molar-refractivity contribution in [3.63, 3.8) is 0 Å². The molecular weight excluding hydrogens is 418 g/mol. The summed E-state index contributed by atoms with van der Waals surface area (Å²) >= 11 is 0. The lowest BCUT2D eigenvalue weighted by Gasteiger charge is -2.32. The Hall–Kier alpha value is -3.23. The summed E-state index contributed by atoms with van der Waals surface area (Å²) in [5, 5.41) is 14.8. The molecule has 3 aromatic rings. The maximum absolute atomic E-state index is 13.2. The van der Waals surface area contributed by atoms with E-state index in [-0.39, 0.29) is 17.9 Å². The summed E-state index contributed by atoms with van der Waals surface area (Å²) in [6, 6.07) is 2.15. The fraction of sp³-hybridized carbons (Fsp3) is 0.542. The molecule has 2 aliphatic rings. The summed E-state index contributed by atoms with van der Waals surface area (Å²) in [7, 11) is 0. The summed E-state index contributed by atoms with van der Waals surface area (Å²) in [4.78, 5) is 24.5. The van der Waals surface area contributed by atoms with Crippen molar-refractivity contribution in [1.29, 1.82) is 0 Å². The van der Waals surface area contributed by atoms with Gasteiger partial charge in [-0.2, -0.15) is 5.10 Å². The Kier molecular flexibility index (Phi) is 5.86. The van der Waals surface area contributed by atoms with Crippen LogP contribution in [-0.2, 0) is 12.8 Å². The molecule has 1 aliphatic carbocycles. The molecule has 0 atom stereocenters. The largest absolute Gasteiger partial charge is 0.356 e. The highest BCUT2D eigenvalue weighted by Gasteiger charge is 2.31. The topological polar surface area (TPSA) is 113 Å². The monoisotopic (exact) mass is 449 g/mol. The number of aromatic amines is 1. The summed E-state index contributed by atoms with van der Waals surface area (Å²) in [5.41, 5.74) is 5.52. The normalized spacial score (nSPS) is 16.8. The van der Waals surface area contributed by atoms with E-state index in [1.807, 2.05) is 24.1 Å². The molecular formula is C24H31N7O2. The minimum Gasteiger partial charge on any atom is -0.356 e. The van der Waals surface area contributed by atoms with Crippen molar-refractivity contribution < 1.29 is 9.32 Å². The highest BCUT2D eigenvalue weighted by Crippen LogP contribution is 2.35. The van der Waals surface area contributed by atoms with E-state index in [1.165, 1.54) is 0 Å². The molecule has 1 fully saturated rings. The minimum atomic E-state index is 0.0452. The first-order chi connectivity index (χ1) is 16.0. The molecule has 0 bridgehead atoms. The van der Waals surface area contributed by atoms with Gasteiger partial charge in [0.15, 0.2) is 11.5 Å². The van der Waals surface area contributed by atoms with E-state index in [4.69, 9.17) is 9.51 Å². The van der Waals surface area contributed by atoms with E-state index >= 15 is 0 Å². The number of H-pyrrole nitrogens is 1. The second-order valence-corrected chi connectivity index (χ2v) is 9.43. The Labute approximate surface area is 193 Å². The first kappa shape index (κ1) is 21.6. The van der Waals surface area contributed by atoms with E-state index in [2.05, 4.69) is 39.5 Å². The van der Waals surface area contributed by atoms with Gasteiger partial charge in [-0.3, -0.25) is 9.89 Å². The number of piperidine rings is 1. The summed E-state index contributed by atoms with van der Waals surface area (Å²) in [6.07, 6.45) is 7.69. The van der Waals surface area contributed by atoms with Gasteiger partial charge in [0.25, 0.3) is 5.91 Å². The van der Waals surface area contributed by atoms with Crippen LogP contribution >= 0.6 is 0 Å². The van der Waals surface area contributed by atoms with E-state index < -0.39 is 0 Å². The number of anilines is 1. The van der Waals surface area contributed by atoms with Gasteiger partial charge in [-0.1, -0.05) is 5.16 Å². The van der Waals surface area contributed by atoms with E-state index in [0.29, 0.717) is 30.5 Å². The van der Waals surface area contributed by atoms with E-state index in [9.17, 15) is 4.79 Å². The molecule has 1 aliphatic heterocycles. The zero-order valence-electron chi connectivity index (χ0n) is 19.5. The number of rotatable bonds is 5. The van der Waals surface area contributed by atoms with Gasteiger partial charge >= 0.3 is 0 Å². The average Bonchev–Trinajstić information content (AvgIpc) is 3.45. The van der Waals surface area contributed by atoms with Crippen LogP contribution in [0.25, 0.3) is 11.3 Å². The van der Waals surface area contributed by atoms with Crippen molar-refractivity contribution in [3.8, 4) is 11.3 Å². The molecule has 5 rings (SSSR count). The summed E-state index contributed by atoms with van der Waals surface area (Å²) < 4.78 is 5.54. The maximum atomic E-state index is 13.2. The van der Waals surface area contributed by atoms with Crippen LogP contribution in [0.3, 0.4) is 0 Å². The number of hydrogen-bond acceptors (Lipinski definition) is 7. The Bertz CT molecular complexity index is 1140. The quantitative estimate of drug-likeness (QED) is 0.608. The Morgan fingerprint density at radius 2 is 2.03 bits per heavy atom. The molecule has 0 unspecified atom stereocenters. The third kappa shape index (κ3) is 4.36. The standard InChI is InChI=1S/C24H31N7O2/c1-14(2)26-24-25-13-18(20-12-15(3)30-33-20)21(27-24)16-8-10-31(11-9-16)23(32)22-17-6-4-5-7-19(17)28-29-22/h12-14,16H,4-11H2,1-3H3,(H,28,29)(H,25,26,27). The molecule has 33 heavy (non-hydrogen) atoms. The van der Waals surface area contributed by atoms with Gasteiger partial charge in [-0.05, 0) is 59.3 Å². The molecule has 1 amide bonds. The van der Waals surface area contributed by atoms with Crippen molar-refractivity contribution in [2.24, 2.45) is 0 Å². The number of nitrogens with one attached hydrogen (secondary N) is 2. The van der Waals surface area contributed by atoms with E-state index in [1.54, 1.807) is 0 Å². The van der Waals surface area contributed by atoms with Crippen LogP contribution in [-0.4, -0.2) is 55.3 Å². The highest BCUT2D eigenvalue weighted by molar-refractivity contribution is 5.94. The van der Waals surface area contributed by atoms with Gasteiger partial charge in [0.05, 0.1) is 17.0 Å². The zero-order chi connectivity index (χ0) is 22.9. The van der Waals surface area contributed by atoms with Gasteiger partial charge in [0.1, 0.15) is 0 Å². The third-order valence-corrected chi connectivity index (χ3v) is 6.56. The Morgan fingerprint density at radius 1 is 1.24 bits per heavy atom. The lowest BCUT2D eigenvalue weighted by Crippen LogP contribution is -2.38. The average molecular weight is 450 g/mol. The Balaban J connectivity index is 1.35. The second kappa shape index (κ2) is 8.96. The highest BCUT2D eigenvalue weighted by atomic mass is 16.5. The number of carbonyl (C=O) groups is 1. The number of aromatic nitrogens is 5. The third-order valence-electron chi connectivity index (χ3n) is 6.56. The number of hydrogen-bond donors (Lipinski definition) is 2. The molecule has 3 aromatic heterocycles. The number of amides is 1. The second-order valence-electron chi connectivity index (χ2n) is 9.43. The van der Waals surface area contributed by atoms with E-state index in [0.717, 1.165) is 66.7 Å². The zero-order valence-corrected chi connectivity index (χ0v) is 19.5. The fourth-order valence-electron chi connectivity index (χ4n) is 4.88. The molecule has 1 saturated heterocycles. The van der Waals surface area contributed by atoms with Crippen LogP contribution in [0.15, 0.2) is 16.8 Å². The predicted molar refractivity (Wildman–Crippen MR) is 124 cm³/mol. The predicted octanol–water partition coefficient (Wildman–Crippen LogP) is 3.88. The lowest BCUT2D eigenvalue weighted by atomic mass is 9.89. The molecule has 0 spiro atoms. The van der Waals surface area contributed by atoms with Crippen LogP contribution in [0.5, 0.6) is 0 Å². The van der Waals surface area contributed by atoms with Crippen molar-refractivity contribution in [3.05, 3.63) is 40.6 Å². The van der Waals surface area contributed by atoms with Gasteiger partial charge in [0, 0.05) is 48.6 Å². The molecule has 0 saturated carbocycles. The minimum absolute atomic E-state index is 0.0452. The molecule has 174 valence electrons. The van der Waals surface area contributed by atoms with Crippen molar-refractivity contribution in [2.45, 2.75) is 71.3 Å². The first-order valence-corrected chi connectivity index (χ1v) is 11.9. The maximum Gasteiger partial charge on any atom is 0.274 e. The summed E-state index contributed by atoms with van der Waals surface area (Å²) in [6.45, 7) is 7.39. The molecule has 0 radical (unpaired) electrons. The van der Waals surface area contributed by atoms with Crippen molar-refractivity contribution in [1.82, 2.24) is 30.2 Å². The SMILES string of the molecule is Cc1cc(-c2cnc(NC(C)C)nc2C2CCN(C(=O)c3n[nH]c4c3CCCC4)CC2)on1. The van der Waals surface area contributed by atoms with Gasteiger partial charge in [0.2, 0.25) is 5.95 Å².